The van der Waals surface area contributed by atoms with Crippen molar-refractivity contribution >= 4 is 23.3 Å². The first-order valence-corrected chi connectivity index (χ1v) is 7.22. The van der Waals surface area contributed by atoms with Gasteiger partial charge in [0.2, 0.25) is 0 Å². The average Bonchev–Trinajstić information content (AvgIpc) is 2.56. The van der Waals surface area contributed by atoms with Crippen molar-refractivity contribution in [2.24, 2.45) is 10.2 Å². The van der Waals surface area contributed by atoms with E-state index in [1.54, 1.807) is 31.2 Å². The van der Waals surface area contributed by atoms with Gasteiger partial charge in [-0.2, -0.15) is 10.2 Å². The van der Waals surface area contributed by atoms with Gasteiger partial charge in [-0.3, -0.25) is 4.79 Å². The van der Waals surface area contributed by atoms with Crippen molar-refractivity contribution in [2.45, 2.75) is 13.3 Å². The van der Waals surface area contributed by atoms with Crippen LogP contribution >= 0.6 is 0 Å². The van der Waals surface area contributed by atoms with E-state index >= 15 is 0 Å². The molecule has 2 aromatic carbocycles. The summed E-state index contributed by atoms with van der Waals surface area (Å²) in [4.78, 5) is 22.3. The lowest BCUT2D eigenvalue weighted by molar-refractivity contribution is -0.136. The third-order valence-electron chi connectivity index (χ3n) is 3.06. The van der Waals surface area contributed by atoms with Crippen LogP contribution in [-0.2, 0) is 16.0 Å². The molecule has 0 bridgehead atoms. The van der Waals surface area contributed by atoms with Crippen molar-refractivity contribution in [2.75, 3.05) is 6.61 Å². The third kappa shape index (κ3) is 4.64. The minimum absolute atomic E-state index is 0.102. The number of carbonyl (C=O) groups excluding carboxylic acids is 1. The average molecular weight is 328 g/mol. The second-order valence-corrected chi connectivity index (χ2v) is 4.85. The fraction of sp³-hybridized carbons (Fsp3) is 0.176. The first-order valence-electron chi connectivity index (χ1n) is 7.22. The number of esters is 1. The molecule has 0 aromatic heterocycles. The Balaban J connectivity index is 2.13. The zero-order chi connectivity index (χ0) is 17.5. The molecular weight excluding hydrogens is 312 g/mol. The van der Waals surface area contributed by atoms with E-state index in [4.69, 9.17) is 9.84 Å². The van der Waals surface area contributed by atoms with Crippen LogP contribution in [0.2, 0.25) is 0 Å². The summed E-state index contributed by atoms with van der Waals surface area (Å²) in [6.07, 6.45) is -0.302. The van der Waals surface area contributed by atoms with E-state index in [9.17, 15) is 14.7 Å². The highest BCUT2D eigenvalue weighted by atomic mass is 16.5. The molecule has 0 aliphatic rings. The van der Waals surface area contributed by atoms with Crippen molar-refractivity contribution < 1.29 is 24.5 Å². The van der Waals surface area contributed by atoms with Crippen LogP contribution in [0.25, 0.3) is 0 Å². The lowest BCUT2D eigenvalue weighted by atomic mass is 10.1. The van der Waals surface area contributed by atoms with E-state index in [2.05, 4.69) is 10.2 Å². The van der Waals surface area contributed by atoms with Gasteiger partial charge in [-0.05, 0) is 49.4 Å². The first-order chi connectivity index (χ1) is 11.5. The second-order valence-electron chi connectivity index (χ2n) is 4.85. The minimum atomic E-state index is -1.05. The van der Waals surface area contributed by atoms with Crippen LogP contribution in [0.15, 0.2) is 52.7 Å². The fourth-order valence-corrected chi connectivity index (χ4v) is 1.93. The number of azo groups is 1. The maximum Gasteiger partial charge on any atom is 0.338 e. The number of aromatic hydroxyl groups is 1. The molecule has 124 valence electrons. The smallest absolute Gasteiger partial charge is 0.338 e. The summed E-state index contributed by atoms with van der Waals surface area (Å²) < 4.78 is 4.89. The van der Waals surface area contributed by atoms with E-state index in [0.717, 1.165) is 0 Å². The highest BCUT2D eigenvalue weighted by molar-refractivity contribution is 5.89. The zero-order valence-electron chi connectivity index (χ0n) is 13.0. The Labute approximate surface area is 138 Å². The highest BCUT2D eigenvalue weighted by Crippen LogP contribution is 2.25. The Bertz CT molecular complexity index is 769. The summed E-state index contributed by atoms with van der Waals surface area (Å²) in [5.74, 6) is -1.55. The number of carboxylic acid groups (broad SMARTS) is 1. The molecule has 2 aromatic rings. The molecule has 0 aliphatic heterocycles. The number of aliphatic carboxylic acids is 1. The molecule has 0 heterocycles. The molecule has 0 atom stereocenters. The molecule has 2 rings (SSSR count). The number of nitrogens with zero attached hydrogens (tertiary/aromatic N) is 2. The molecule has 0 saturated carbocycles. The van der Waals surface area contributed by atoms with Crippen molar-refractivity contribution in [3.8, 4) is 5.75 Å². The summed E-state index contributed by atoms with van der Waals surface area (Å²) in [5.41, 5.74) is 1.62. The Morgan fingerprint density at radius 2 is 1.67 bits per heavy atom. The number of phenols is 1. The van der Waals surface area contributed by atoms with Gasteiger partial charge in [0, 0.05) is 5.56 Å². The molecule has 0 spiro atoms. The van der Waals surface area contributed by atoms with E-state index in [1.807, 2.05) is 0 Å². The molecule has 0 amide bonds. The number of hydrogen-bond acceptors (Lipinski definition) is 6. The fourth-order valence-electron chi connectivity index (χ4n) is 1.93. The normalized spacial score (nSPS) is 10.7. The molecule has 0 aliphatic carbocycles. The summed E-state index contributed by atoms with van der Waals surface area (Å²) in [7, 11) is 0. The molecule has 0 radical (unpaired) electrons. The molecule has 0 fully saturated rings. The van der Waals surface area contributed by atoms with Gasteiger partial charge in [0.1, 0.15) is 5.75 Å². The number of benzene rings is 2. The summed E-state index contributed by atoms with van der Waals surface area (Å²) in [6, 6.07) is 10.8. The summed E-state index contributed by atoms with van der Waals surface area (Å²) >= 11 is 0. The van der Waals surface area contributed by atoms with Crippen LogP contribution in [0.3, 0.4) is 0 Å². The number of carboxylic acids is 1. The molecule has 7 heteroatoms. The van der Waals surface area contributed by atoms with Crippen LogP contribution in [0.5, 0.6) is 5.75 Å². The molecule has 2 N–H and O–H groups in total. The van der Waals surface area contributed by atoms with Gasteiger partial charge >= 0.3 is 11.9 Å². The van der Waals surface area contributed by atoms with Gasteiger partial charge in [0.15, 0.2) is 0 Å². The number of rotatable bonds is 6. The van der Waals surface area contributed by atoms with E-state index in [1.165, 1.54) is 18.2 Å². The van der Waals surface area contributed by atoms with Crippen LogP contribution in [0, 0.1) is 0 Å². The maximum atomic E-state index is 11.5. The maximum absolute atomic E-state index is 11.5. The third-order valence-corrected chi connectivity index (χ3v) is 3.06. The topological polar surface area (TPSA) is 109 Å². The van der Waals surface area contributed by atoms with Gasteiger partial charge in [-0.15, -0.1) is 0 Å². The van der Waals surface area contributed by atoms with Gasteiger partial charge in [-0.1, -0.05) is 0 Å². The van der Waals surface area contributed by atoms with Gasteiger partial charge in [0.25, 0.3) is 0 Å². The lowest BCUT2D eigenvalue weighted by Crippen LogP contribution is -2.03. The predicted molar refractivity (Wildman–Crippen MR) is 86.0 cm³/mol. The lowest BCUT2D eigenvalue weighted by Gasteiger charge is -2.03. The Kier molecular flexibility index (Phi) is 5.62. The molecule has 7 nitrogen and oxygen atoms in total. The molecule has 0 saturated heterocycles. The quantitative estimate of drug-likeness (QED) is 0.622. The number of hydrogen-bond donors (Lipinski definition) is 2. The van der Waals surface area contributed by atoms with Crippen molar-refractivity contribution in [1.82, 2.24) is 0 Å². The summed E-state index contributed by atoms with van der Waals surface area (Å²) in [6.45, 7) is 2.04. The Morgan fingerprint density at radius 3 is 2.29 bits per heavy atom. The van der Waals surface area contributed by atoms with Crippen molar-refractivity contribution in [1.29, 1.82) is 0 Å². The van der Waals surface area contributed by atoms with Crippen molar-refractivity contribution in [3.05, 3.63) is 53.6 Å². The molecule has 24 heavy (non-hydrogen) atoms. The predicted octanol–water partition coefficient (Wildman–Crippen LogP) is 3.61. The number of phenolic OH excluding ortho intramolecular Hbond substituents is 1. The minimum Gasteiger partial charge on any atom is -0.508 e. The van der Waals surface area contributed by atoms with Crippen LogP contribution in [0.4, 0.5) is 11.4 Å². The van der Waals surface area contributed by atoms with Crippen LogP contribution < -0.4 is 0 Å². The van der Waals surface area contributed by atoms with Gasteiger partial charge in [-0.25, -0.2) is 4.79 Å². The number of ether oxygens (including phenoxy) is 1. The SMILES string of the molecule is CCOC(=O)c1ccc(N=Nc2ccc(O)c(CC(=O)O)c2)cc1. The van der Waals surface area contributed by atoms with E-state index in [-0.39, 0.29) is 17.7 Å². The van der Waals surface area contributed by atoms with Crippen LogP contribution in [0.1, 0.15) is 22.8 Å². The van der Waals surface area contributed by atoms with Gasteiger partial charge < -0.3 is 14.9 Å². The first kappa shape index (κ1) is 17.1. The Morgan fingerprint density at radius 1 is 1.04 bits per heavy atom. The zero-order valence-corrected chi connectivity index (χ0v) is 13.0. The molecular formula is C17H16N2O5. The largest absolute Gasteiger partial charge is 0.508 e. The Hall–Kier alpha value is -3.22. The highest BCUT2D eigenvalue weighted by Gasteiger charge is 2.08. The standard InChI is InChI=1S/C17H16N2O5/c1-2-24-17(23)11-3-5-13(6-4-11)18-19-14-7-8-15(20)12(9-14)10-16(21)22/h3-9,20H,2,10H2,1H3,(H,21,22). The monoisotopic (exact) mass is 328 g/mol. The van der Waals surface area contributed by atoms with Crippen LogP contribution in [-0.4, -0.2) is 28.8 Å². The molecule has 0 unspecified atom stereocenters. The second kappa shape index (κ2) is 7.87. The number of carbonyl (C=O) groups is 2. The van der Waals surface area contributed by atoms with E-state index in [0.29, 0.717) is 23.5 Å². The summed E-state index contributed by atoms with van der Waals surface area (Å²) in [5, 5.41) is 26.4. The van der Waals surface area contributed by atoms with Gasteiger partial charge in [0.05, 0.1) is 30.0 Å². The van der Waals surface area contributed by atoms with Crippen molar-refractivity contribution in [3.63, 3.8) is 0 Å². The van der Waals surface area contributed by atoms with E-state index < -0.39 is 11.9 Å².